The highest BCUT2D eigenvalue weighted by Crippen LogP contribution is 2.10. The lowest BCUT2D eigenvalue weighted by Gasteiger charge is -2.16. The number of rotatable bonds is 1. The zero-order valence-corrected chi connectivity index (χ0v) is 6.11. The Bertz CT molecular complexity index is 110. The van der Waals surface area contributed by atoms with E-state index in [4.69, 9.17) is 5.73 Å². The Hall–Kier alpha value is -0.380. The summed E-state index contributed by atoms with van der Waals surface area (Å²) in [5.41, 5.74) is 4.08. The summed E-state index contributed by atoms with van der Waals surface area (Å²) in [6.45, 7) is 1.47. The lowest BCUT2D eigenvalue weighted by molar-refractivity contribution is 0.0176. The van der Waals surface area contributed by atoms with Gasteiger partial charge in [-0.05, 0) is 6.92 Å². The normalized spacial score (nSPS) is 16.0. The molecule has 0 aromatic heterocycles. The third kappa shape index (κ3) is 5.49. The largest absolute Gasteiger partial charge is 0.529 e. The SMILES string of the molecule is CC(N)(P)OC(=O)ON. The van der Waals surface area contributed by atoms with Crippen molar-refractivity contribution in [3.63, 3.8) is 0 Å². The molecule has 0 rings (SSSR count). The third-order valence-electron chi connectivity index (χ3n) is 0.399. The zero-order chi connectivity index (χ0) is 7.49. The smallest absolute Gasteiger partial charge is 0.409 e. The van der Waals surface area contributed by atoms with Crippen LogP contribution in [0.2, 0.25) is 0 Å². The predicted octanol–water partition coefficient (Wildman–Crippen LogP) is -0.479. The molecule has 0 heterocycles. The zero-order valence-electron chi connectivity index (χ0n) is 4.96. The van der Waals surface area contributed by atoms with E-state index in [-0.39, 0.29) is 0 Å². The predicted molar refractivity (Wildman–Crippen MR) is 34.1 cm³/mol. The van der Waals surface area contributed by atoms with Crippen LogP contribution >= 0.6 is 9.24 Å². The van der Waals surface area contributed by atoms with Crippen LogP contribution in [0.1, 0.15) is 6.92 Å². The molecule has 0 aliphatic carbocycles. The molecule has 4 N–H and O–H groups in total. The Balaban J connectivity index is 3.60. The van der Waals surface area contributed by atoms with E-state index < -0.39 is 11.6 Å². The van der Waals surface area contributed by atoms with Crippen LogP contribution < -0.4 is 11.6 Å². The van der Waals surface area contributed by atoms with Crippen molar-refractivity contribution in [1.29, 1.82) is 0 Å². The van der Waals surface area contributed by atoms with Gasteiger partial charge in [-0.2, -0.15) is 5.90 Å². The van der Waals surface area contributed by atoms with Crippen molar-refractivity contribution in [3.05, 3.63) is 0 Å². The molecule has 6 heteroatoms. The summed E-state index contributed by atoms with van der Waals surface area (Å²) in [6, 6.07) is 0. The minimum Gasteiger partial charge on any atom is -0.409 e. The van der Waals surface area contributed by atoms with Crippen molar-refractivity contribution < 1.29 is 14.4 Å². The number of carbonyl (C=O) groups excluding carboxylic acids is 1. The molecule has 0 aliphatic heterocycles. The maximum atomic E-state index is 10.2. The first-order valence-electron chi connectivity index (χ1n) is 2.13. The Kier molecular flexibility index (Phi) is 2.84. The number of hydrogen-bond acceptors (Lipinski definition) is 5. The molecule has 0 bridgehead atoms. The highest BCUT2D eigenvalue weighted by molar-refractivity contribution is 7.18. The van der Waals surface area contributed by atoms with E-state index in [0.717, 1.165) is 0 Å². The summed E-state index contributed by atoms with van der Waals surface area (Å²) in [5.74, 6) is 4.44. The monoisotopic (exact) mass is 152 g/mol. The van der Waals surface area contributed by atoms with E-state index in [1.54, 1.807) is 0 Å². The van der Waals surface area contributed by atoms with Crippen LogP contribution in [-0.2, 0) is 9.57 Å². The van der Waals surface area contributed by atoms with Crippen LogP contribution in [-0.4, -0.2) is 11.6 Å². The molecule has 0 saturated heterocycles. The second kappa shape index (κ2) is 2.96. The molecule has 9 heavy (non-hydrogen) atoms. The first kappa shape index (κ1) is 8.62. The summed E-state index contributed by atoms with van der Waals surface area (Å²) in [4.78, 5) is 13.8. The van der Waals surface area contributed by atoms with Gasteiger partial charge in [-0.15, -0.1) is 0 Å². The number of hydrogen-bond donors (Lipinski definition) is 2. The molecule has 2 unspecified atom stereocenters. The van der Waals surface area contributed by atoms with Crippen LogP contribution in [0.25, 0.3) is 0 Å². The van der Waals surface area contributed by atoms with Gasteiger partial charge in [0.25, 0.3) is 0 Å². The maximum Gasteiger partial charge on any atom is 0.529 e. The fourth-order valence-corrected chi connectivity index (χ4v) is 0.300. The van der Waals surface area contributed by atoms with Crippen LogP contribution in [0.4, 0.5) is 4.79 Å². The van der Waals surface area contributed by atoms with Gasteiger partial charge in [0.2, 0.25) is 0 Å². The summed E-state index contributed by atoms with van der Waals surface area (Å²) < 4.78 is 4.34. The number of nitrogens with two attached hydrogens (primary N) is 2. The lowest BCUT2D eigenvalue weighted by Crippen LogP contribution is -2.35. The van der Waals surface area contributed by atoms with Gasteiger partial charge in [-0.3, -0.25) is 5.73 Å². The first-order valence-corrected chi connectivity index (χ1v) is 2.71. The molecule has 0 saturated carbocycles. The van der Waals surface area contributed by atoms with Crippen molar-refractivity contribution in [3.8, 4) is 0 Å². The molecule has 54 valence electrons. The van der Waals surface area contributed by atoms with Crippen LogP contribution in [0.3, 0.4) is 0 Å². The van der Waals surface area contributed by atoms with Gasteiger partial charge >= 0.3 is 6.16 Å². The minimum atomic E-state index is -1.11. The van der Waals surface area contributed by atoms with Gasteiger partial charge in [-0.25, -0.2) is 4.79 Å². The number of carbonyl (C=O) groups is 1. The second-order valence-electron chi connectivity index (χ2n) is 1.65. The van der Waals surface area contributed by atoms with Gasteiger partial charge < -0.3 is 9.57 Å². The summed E-state index contributed by atoms with van der Waals surface area (Å²) in [6.07, 6.45) is -1.00. The quantitative estimate of drug-likeness (QED) is 0.229. The van der Waals surface area contributed by atoms with E-state index in [1.807, 2.05) is 0 Å². The van der Waals surface area contributed by atoms with Crippen molar-refractivity contribution in [2.24, 2.45) is 11.6 Å². The summed E-state index contributed by atoms with van der Waals surface area (Å²) in [7, 11) is 2.09. The van der Waals surface area contributed by atoms with Gasteiger partial charge in [0.15, 0.2) is 5.47 Å². The van der Waals surface area contributed by atoms with Crippen LogP contribution in [0.15, 0.2) is 0 Å². The molecule has 0 aliphatic rings. The van der Waals surface area contributed by atoms with Crippen molar-refractivity contribution in [2.45, 2.75) is 12.4 Å². The van der Waals surface area contributed by atoms with Gasteiger partial charge in [-0.1, -0.05) is 9.24 Å². The molecule has 0 fully saturated rings. The molecular weight excluding hydrogens is 143 g/mol. The van der Waals surface area contributed by atoms with E-state index in [0.29, 0.717) is 0 Å². The third-order valence-corrected chi connectivity index (χ3v) is 0.517. The molecule has 2 atom stereocenters. The highest BCUT2D eigenvalue weighted by Gasteiger charge is 2.16. The van der Waals surface area contributed by atoms with E-state index in [1.165, 1.54) is 6.92 Å². The molecule has 5 nitrogen and oxygen atoms in total. The lowest BCUT2D eigenvalue weighted by atomic mass is 10.7. The maximum absolute atomic E-state index is 10.2. The Morgan fingerprint density at radius 2 is 2.22 bits per heavy atom. The van der Waals surface area contributed by atoms with Gasteiger partial charge in [0.05, 0.1) is 0 Å². The van der Waals surface area contributed by atoms with E-state index in [9.17, 15) is 4.79 Å². The van der Waals surface area contributed by atoms with E-state index >= 15 is 0 Å². The van der Waals surface area contributed by atoms with Crippen molar-refractivity contribution in [1.82, 2.24) is 0 Å². The Morgan fingerprint density at radius 3 is 2.33 bits per heavy atom. The Labute approximate surface area is 54.8 Å². The average Bonchev–Trinajstić information content (AvgIpc) is 1.62. The van der Waals surface area contributed by atoms with Gasteiger partial charge in [0, 0.05) is 0 Å². The van der Waals surface area contributed by atoms with Crippen LogP contribution in [0.5, 0.6) is 0 Å². The molecule has 0 spiro atoms. The van der Waals surface area contributed by atoms with E-state index in [2.05, 4.69) is 24.7 Å². The summed E-state index contributed by atoms with van der Waals surface area (Å²) in [5, 5.41) is 0. The topological polar surface area (TPSA) is 87.6 Å². The molecule has 0 aromatic carbocycles. The molecule has 0 amide bonds. The summed E-state index contributed by atoms with van der Waals surface area (Å²) >= 11 is 0. The fraction of sp³-hybridized carbons (Fsp3) is 0.667. The standard InChI is InChI=1S/C3H9N2O3P/c1-3(4,9)7-2(6)8-5/h4-5,9H2,1H3. The highest BCUT2D eigenvalue weighted by atomic mass is 31.0. The van der Waals surface area contributed by atoms with Crippen LogP contribution in [0, 0.1) is 0 Å². The van der Waals surface area contributed by atoms with Crippen molar-refractivity contribution in [2.75, 3.05) is 0 Å². The van der Waals surface area contributed by atoms with Gasteiger partial charge in [0.1, 0.15) is 0 Å². The van der Waals surface area contributed by atoms with Crippen molar-refractivity contribution >= 4 is 15.4 Å². The average molecular weight is 152 g/mol. The molecule has 0 radical (unpaired) electrons. The number of ether oxygens (including phenoxy) is 1. The first-order chi connectivity index (χ1) is 3.95. The fourth-order valence-electron chi connectivity index (χ4n) is 0.204. The Morgan fingerprint density at radius 1 is 1.78 bits per heavy atom. The minimum absolute atomic E-state index is 1.00. The molecular formula is C3H9N2O3P. The molecule has 0 aromatic rings. The second-order valence-corrected chi connectivity index (χ2v) is 2.80.